The number of amides is 1. The smallest absolute Gasteiger partial charge is 0.267 e. The fraction of sp³-hybridized carbons (Fsp3) is 0.227. The van der Waals surface area contributed by atoms with Gasteiger partial charge in [-0.3, -0.25) is 9.59 Å². The van der Waals surface area contributed by atoms with Gasteiger partial charge >= 0.3 is 0 Å². The van der Waals surface area contributed by atoms with E-state index in [0.717, 1.165) is 16.7 Å². The van der Waals surface area contributed by atoms with Gasteiger partial charge in [0, 0.05) is 18.2 Å². The van der Waals surface area contributed by atoms with Crippen LogP contribution in [0, 0.1) is 12.7 Å². The number of benzene rings is 2. The normalized spacial score (nSPS) is 11.8. The van der Waals surface area contributed by atoms with Gasteiger partial charge in [-0.05, 0) is 44.0 Å². The molecule has 0 bridgehead atoms. The van der Waals surface area contributed by atoms with Gasteiger partial charge in [-0.1, -0.05) is 42.0 Å². The molecule has 0 spiro atoms. The minimum atomic E-state index is -0.744. The highest BCUT2D eigenvalue weighted by Crippen LogP contribution is 2.16. The molecule has 144 valence electrons. The molecule has 28 heavy (non-hydrogen) atoms. The number of nitrogens with zero attached hydrogens (tertiary/aromatic N) is 2. The molecule has 1 heterocycles. The van der Waals surface area contributed by atoms with Gasteiger partial charge in [0.1, 0.15) is 11.9 Å². The molecule has 1 amide bonds. The standard InChI is InChI=1S/C22H22FN3O2/c1-15-3-7-18(8-4-15)20-11-12-21(27)26(25-20)16(2)22(28)24-14-13-17-5-9-19(23)10-6-17/h3-12,16H,13-14H2,1-2H3,(H,24,28). The number of nitrogens with one attached hydrogen (secondary N) is 1. The molecule has 0 aliphatic heterocycles. The maximum atomic E-state index is 12.9. The van der Waals surface area contributed by atoms with Crippen LogP contribution < -0.4 is 10.9 Å². The third-order valence-electron chi connectivity index (χ3n) is 4.54. The zero-order valence-corrected chi connectivity index (χ0v) is 15.9. The Labute approximate surface area is 162 Å². The molecular weight excluding hydrogens is 357 g/mol. The average Bonchev–Trinajstić information content (AvgIpc) is 2.70. The van der Waals surface area contributed by atoms with Gasteiger partial charge in [0.05, 0.1) is 5.69 Å². The number of hydrogen-bond donors (Lipinski definition) is 1. The van der Waals surface area contributed by atoms with E-state index in [4.69, 9.17) is 0 Å². The number of aryl methyl sites for hydroxylation is 1. The molecule has 6 heteroatoms. The van der Waals surface area contributed by atoms with Crippen molar-refractivity contribution in [3.8, 4) is 11.3 Å². The van der Waals surface area contributed by atoms with Crippen molar-refractivity contribution in [3.63, 3.8) is 0 Å². The lowest BCUT2D eigenvalue weighted by atomic mass is 10.1. The molecule has 0 radical (unpaired) electrons. The quantitative estimate of drug-likeness (QED) is 0.715. The molecule has 0 aliphatic carbocycles. The van der Waals surface area contributed by atoms with Gasteiger partial charge in [0.25, 0.3) is 5.56 Å². The Morgan fingerprint density at radius 3 is 2.43 bits per heavy atom. The summed E-state index contributed by atoms with van der Waals surface area (Å²) in [5, 5.41) is 7.18. The molecular formula is C22H22FN3O2. The van der Waals surface area contributed by atoms with Crippen LogP contribution in [0.4, 0.5) is 4.39 Å². The van der Waals surface area contributed by atoms with Crippen LogP contribution in [0.3, 0.4) is 0 Å². The first-order valence-corrected chi connectivity index (χ1v) is 9.13. The largest absolute Gasteiger partial charge is 0.354 e. The van der Waals surface area contributed by atoms with E-state index in [-0.39, 0.29) is 17.3 Å². The number of carbonyl (C=O) groups is 1. The highest BCUT2D eigenvalue weighted by atomic mass is 19.1. The summed E-state index contributed by atoms with van der Waals surface area (Å²) in [5.74, 6) is -0.585. The molecule has 0 saturated carbocycles. The lowest BCUT2D eigenvalue weighted by molar-refractivity contribution is -0.124. The lowest BCUT2D eigenvalue weighted by Crippen LogP contribution is -2.37. The molecule has 1 aromatic heterocycles. The average molecular weight is 379 g/mol. The minimum absolute atomic E-state index is 0.291. The van der Waals surface area contributed by atoms with Crippen LogP contribution in [-0.2, 0) is 11.2 Å². The van der Waals surface area contributed by atoms with Gasteiger partial charge in [-0.25, -0.2) is 9.07 Å². The second-order valence-electron chi connectivity index (χ2n) is 6.71. The zero-order chi connectivity index (χ0) is 20.1. The van der Waals surface area contributed by atoms with Crippen LogP contribution >= 0.6 is 0 Å². The predicted octanol–water partition coefficient (Wildman–Crippen LogP) is 3.28. The first-order chi connectivity index (χ1) is 13.4. The summed E-state index contributed by atoms with van der Waals surface area (Å²) >= 11 is 0. The molecule has 3 aromatic rings. The van der Waals surface area contributed by atoms with Crippen molar-refractivity contribution < 1.29 is 9.18 Å². The fourth-order valence-corrected chi connectivity index (χ4v) is 2.82. The Balaban J connectivity index is 1.68. The van der Waals surface area contributed by atoms with Crippen molar-refractivity contribution in [2.45, 2.75) is 26.3 Å². The summed E-state index contributed by atoms with van der Waals surface area (Å²) in [5.41, 5.74) is 3.22. The van der Waals surface area contributed by atoms with Gasteiger partial charge in [0.2, 0.25) is 5.91 Å². The van der Waals surface area contributed by atoms with Gasteiger partial charge in [-0.15, -0.1) is 0 Å². The van der Waals surface area contributed by atoms with Gasteiger partial charge in [-0.2, -0.15) is 5.10 Å². The van der Waals surface area contributed by atoms with E-state index in [2.05, 4.69) is 10.4 Å². The Kier molecular flexibility index (Phi) is 5.99. The van der Waals surface area contributed by atoms with Crippen LogP contribution in [0.15, 0.2) is 65.5 Å². The summed E-state index contributed by atoms with van der Waals surface area (Å²) in [7, 11) is 0. The van der Waals surface area contributed by atoms with E-state index >= 15 is 0 Å². The van der Waals surface area contributed by atoms with Crippen molar-refractivity contribution in [1.82, 2.24) is 15.1 Å². The van der Waals surface area contributed by atoms with Gasteiger partial charge in [0.15, 0.2) is 0 Å². The minimum Gasteiger partial charge on any atom is -0.354 e. The first-order valence-electron chi connectivity index (χ1n) is 9.13. The highest BCUT2D eigenvalue weighted by molar-refractivity contribution is 5.79. The third-order valence-corrected chi connectivity index (χ3v) is 4.54. The monoisotopic (exact) mass is 379 g/mol. The molecule has 1 N–H and O–H groups in total. The topological polar surface area (TPSA) is 64.0 Å². The van der Waals surface area contributed by atoms with Crippen molar-refractivity contribution in [3.05, 3.63) is 88.0 Å². The van der Waals surface area contributed by atoms with E-state index in [1.165, 1.54) is 22.9 Å². The van der Waals surface area contributed by atoms with Crippen molar-refractivity contribution in [2.75, 3.05) is 6.54 Å². The number of halogens is 1. The summed E-state index contributed by atoms with van der Waals surface area (Å²) in [6.07, 6.45) is 0.574. The van der Waals surface area contributed by atoms with Gasteiger partial charge < -0.3 is 5.32 Å². The molecule has 0 aliphatic rings. The molecule has 1 unspecified atom stereocenters. The summed E-state index contributed by atoms with van der Waals surface area (Å²) in [4.78, 5) is 24.7. The molecule has 1 atom stereocenters. The second-order valence-corrected chi connectivity index (χ2v) is 6.71. The summed E-state index contributed by atoms with van der Waals surface area (Å²) < 4.78 is 14.1. The number of rotatable bonds is 6. The first kappa shape index (κ1) is 19.5. The second kappa shape index (κ2) is 8.61. The Morgan fingerprint density at radius 2 is 1.75 bits per heavy atom. The third kappa shape index (κ3) is 4.71. The van der Waals surface area contributed by atoms with Crippen molar-refractivity contribution >= 4 is 5.91 Å². The van der Waals surface area contributed by atoms with E-state index in [9.17, 15) is 14.0 Å². The van der Waals surface area contributed by atoms with E-state index in [1.807, 2.05) is 31.2 Å². The zero-order valence-electron chi connectivity index (χ0n) is 15.9. The molecule has 2 aromatic carbocycles. The Morgan fingerprint density at radius 1 is 1.07 bits per heavy atom. The maximum absolute atomic E-state index is 12.9. The molecule has 0 fully saturated rings. The Hall–Kier alpha value is -3.28. The summed E-state index contributed by atoms with van der Waals surface area (Å²) in [6, 6.07) is 16.3. The number of carbonyl (C=O) groups excluding carboxylic acids is 1. The number of hydrogen-bond acceptors (Lipinski definition) is 3. The van der Waals surface area contributed by atoms with Crippen LogP contribution in [-0.4, -0.2) is 22.2 Å². The van der Waals surface area contributed by atoms with Crippen LogP contribution in [0.1, 0.15) is 24.1 Å². The van der Waals surface area contributed by atoms with E-state index in [0.29, 0.717) is 18.7 Å². The predicted molar refractivity (Wildman–Crippen MR) is 106 cm³/mol. The molecule has 0 saturated heterocycles. The van der Waals surface area contributed by atoms with Crippen LogP contribution in [0.2, 0.25) is 0 Å². The van der Waals surface area contributed by atoms with E-state index < -0.39 is 6.04 Å². The summed E-state index contributed by atoms with van der Waals surface area (Å²) in [6.45, 7) is 4.03. The Bertz CT molecular complexity index is 1010. The molecule has 3 rings (SSSR count). The van der Waals surface area contributed by atoms with Crippen molar-refractivity contribution in [1.29, 1.82) is 0 Å². The maximum Gasteiger partial charge on any atom is 0.267 e. The lowest BCUT2D eigenvalue weighted by Gasteiger charge is -2.15. The fourth-order valence-electron chi connectivity index (χ4n) is 2.82. The van der Waals surface area contributed by atoms with Crippen molar-refractivity contribution in [2.24, 2.45) is 0 Å². The van der Waals surface area contributed by atoms with Crippen LogP contribution in [0.5, 0.6) is 0 Å². The van der Waals surface area contributed by atoms with E-state index in [1.54, 1.807) is 25.1 Å². The number of aromatic nitrogens is 2. The van der Waals surface area contributed by atoms with Crippen LogP contribution in [0.25, 0.3) is 11.3 Å². The molecule has 5 nitrogen and oxygen atoms in total. The SMILES string of the molecule is Cc1ccc(-c2ccc(=O)n(C(C)C(=O)NCCc3ccc(F)cc3)n2)cc1. The highest BCUT2D eigenvalue weighted by Gasteiger charge is 2.17.